The van der Waals surface area contributed by atoms with Crippen LogP contribution in [-0.2, 0) is 0 Å². The van der Waals surface area contributed by atoms with Crippen molar-refractivity contribution in [3.63, 3.8) is 0 Å². The summed E-state index contributed by atoms with van der Waals surface area (Å²) in [5.41, 5.74) is 2.30. The Hall–Kier alpha value is -2.84. The van der Waals surface area contributed by atoms with Crippen LogP contribution in [0, 0.1) is 0 Å². The summed E-state index contributed by atoms with van der Waals surface area (Å²) < 4.78 is 4.25. The number of hydrogen-bond acceptors (Lipinski definition) is 7. The fourth-order valence-corrected chi connectivity index (χ4v) is 3.54. The Kier molecular flexibility index (Phi) is 5.36. The lowest BCUT2D eigenvalue weighted by atomic mass is 10.1. The first kappa shape index (κ1) is 17.6. The molecule has 1 aliphatic heterocycles. The molecule has 0 atom stereocenters. The van der Waals surface area contributed by atoms with E-state index in [4.69, 9.17) is 0 Å². The quantitative estimate of drug-likeness (QED) is 0.630. The molecule has 3 heterocycles. The molecule has 27 heavy (non-hydrogen) atoms. The van der Waals surface area contributed by atoms with Gasteiger partial charge in [0, 0.05) is 35.0 Å². The highest BCUT2D eigenvalue weighted by Crippen LogP contribution is 2.20. The van der Waals surface area contributed by atoms with Crippen molar-refractivity contribution in [3.05, 3.63) is 54.2 Å². The molecule has 1 aromatic carbocycles. The number of nitrogens with zero attached hydrogens (tertiary/aromatic N) is 3. The highest BCUT2D eigenvalue weighted by atomic mass is 32.1. The summed E-state index contributed by atoms with van der Waals surface area (Å²) in [6.45, 7) is 2.08. The van der Waals surface area contributed by atoms with Gasteiger partial charge in [-0.25, -0.2) is 0 Å². The van der Waals surface area contributed by atoms with Gasteiger partial charge in [0.15, 0.2) is 5.82 Å². The van der Waals surface area contributed by atoms with E-state index in [-0.39, 0.29) is 5.91 Å². The molecule has 7 nitrogen and oxygen atoms in total. The molecule has 3 aromatic rings. The van der Waals surface area contributed by atoms with E-state index in [0.717, 1.165) is 43.2 Å². The standard InChI is InChI=1S/C19H20N6OS/c26-18(24-19-23-17(25-27-19)16-3-1-2-10-21-16)13-4-6-14(7-5-13)22-15-8-11-20-12-9-15/h1-7,10,15,20,22H,8-9,11-12H2,(H,23,24,25,26). The fourth-order valence-electron chi connectivity index (χ4n) is 2.96. The number of carbonyl (C=O) groups is 1. The van der Waals surface area contributed by atoms with Crippen molar-refractivity contribution >= 4 is 28.3 Å². The number of anilines is 2. The van der Waals surface area contributed by atoms with Crippen LogP contribution in [0.15, 0.2) is 48.7 Å². The molecule has 1 amide bonds. The Bertz CT molecular complexity index is 890. The zero-order chi connectivity index (χ0) is 18.5. The van der Waals surface area contributed by atoms with Gasteiger partial charge in [-0.2, -0.15) is 9.36 Å². The number of hydrogen-bond donors (Lipinski definition) is 3. The van der Waals surface area contributed by atoms with E-state index < -0.39 is 0 Å². The summed E-state index contributed by atoms with van der Waals surface area (Å²) in [7, 11) is 0. The van der Waals surface area contributed by atoms with Crippen LogP contribution < -0.4 is 16.0 Å². The van der Waals surface area contributed by atoms with Gasteiger partial charge >= 0.3 is 0 Å². The number of nitrogens with one attached hydrogen (secondary N) is 3. The van der Waals surface area contributed by atoms with Crippen LogP contribution in [-0.4, -0.2) is 39.4 Å². The third-order valence-electron chi connectivity index (χ3n) is 4.40. The number of amides is 1. The van der Waals surface area contributed by atoms with Crippen molar-refractivity contribution in [2.45, 2.75) is 18.9 Å². The Morgan fingerprint density at radius 3 is 2.67 bits per heavy atom. The van der Waals surface area contributed by atoms with Crippen molar-refractivity contribution in [1.29, 1.82) is 0 Å². The average Bonchev–Trinajstić information content (AvgIpc) is 3.18. The monoisotopic (exact) mass is 380 g/mol. The first-order chi connectivity index (χ1) is 13.3. The van der Waals surface area contributed by atoms with E-state index in [0.29, 0.717) is 28.3 Å². The average molecular weight is 380 g/mol. The van der Waals surface area contributed by atoms with E-state index >= 15 is 0 Å². The lowest BCUT2D eigenvalue weighted by Crippen LogP contribution is -2.35. The Morgan fingerprint density at radius 2 is 1.93 bits per heavy atom. The largest absolute Gasteiger partial charge is 0.382 e. The second-order valence-electron chi connectivity index (χ2n) is 6.34. The number of aromatic nitrogens is 3. The molecule has 2 aromatic heterocycles. The molecule has 3 N–H and O–H groups in total. The number of carbonyl (C=O) groups excluding carboxylic acids is 1. The molecule has 0 radical (unpaired) electrons. The smallest absolute Gasteiger partial charge is 0.257 e. The molecular weight excluding hydrogens is 360 g/mol. The number of piperidine rings is 1. The zero-order valence-electron chi connectivity index (χ0n) is 14.7. The van der Waals surface area contributed by atoms with Crippen LogP contribution in [0.4, 0.5) is 10.8 Å². The van der Waals surface area contributed by atoms with Crippen molar-refractivity contribution in [2.75, 3.05) is 23.7 Å². The Labute approximate surface area is 161 Å². The van der Waals surface area contributed by atoms with Crippen LogP contribution in [0.5, 0.6) is 0 Å². The molecular formula is C19H20N6OS. The summed E-state index contributed by atoms with van der Waals surface area (Å²) in [6.07, 6.45) is 3.91. The molecule has 8 heteroatoms. The maximum absolute atomic E-state index is 12.4. The highest BCUT2D eigenvalue weighted by Gasteiger charge is 2.14. The summed E-state index contributed by atoms with van der Waals surface area (Å²) >= 11 is 1.14. The molecule has 0 aliphatic carbocycles. The molecule has 1 saturated heterocycles. The maximum atomic E-state index is 12.4. The summed E-state index contributed by atoms with van der Waals surface area (Å²) in [6, 6.07) is 13.5. The SMILES string of the molecule is O=C(Nc1nc(-c2ccccn2)ns1)c1ccc(NC2CCNCC2)cc1. The first-order valence-corrected chi connectivity index (χ1v) is 9.69. The number of benzene rings is 1. The summed E-state index contributed by atoms with van der Waals surface area (Å²) in [4.78, 5) is 21.0. The van der Waals surface area contributed by atoms with Gasteiger partial charge in [0.25, 0.3) is 5.91 Å². The first-order valence-electron chi connectivity index (χ1n) is 8.92. The molecule has 0 unspecified atom stereocenters. The van der Waals surface area contributed by atoms with Crippen molar-refractivity contribution < 1.29 is 4.79 Å². The fraction of sp³-hybridized carbons (Fsp3) is 0.263. The molecule has 0 saturated carbocycles. The highest BCUT2D eigenvalue weighted by molar-refractivity contribution is 7.10. The molecule has 0 spiro atoms. The van der Waals surface area contributed by atoms with Crippen LogP contribution in [0.25, 0.3) is 11.5 Å². The summed E-state index contributed by atoms with van der Waals surface area (Å²) in [5.74, 6) is 0.310. The Morgan fingerprint density at radius 1 is 1.11 bits per heavy atom. The number of rotatable bonds is 5. The van der Waals surface area contributed by atoms with E-state index in [1.165, 1.54) is 0 Å². The topological polar surface area (TPSA) is 91.8 Å². The normalized spacial score (nSPS) is 14.7. The van der Waals surface area contributed by atoms with E-state index in [1.807, 2.05) is 42.5 Å². The predicted octanol–water partition coefficient (Wildman–Crippen LogP) is 3.02. The third kappa shape index (κ3) is 4.47. The van der Waals surface area contributed by atoms with Crippen LogP contribution in [0.1, 0.15) is 23.2 Å². The van der Waals surface area contributed by atoms with Crippen LogP contribution in [0.2, 0.25) is 0 Å². The molecule has 1 fully saturated rings. The van der Waals surface area contributed by atoms with Gasteiger partial charge in [0.1, 0.15) is 5.69 Å². The van der Waals surface area contributed by atoms with E-state index in [9.17, 15) is 4.79 Å². The van der Waals surface area contributed by atoms with Gasteiger partial charge in [-0.05, 0) is 62.3 Å². The van der Waals surface area contributed by atoms with Crippen molar-refractivity contribution in [3.8, 4) is 11.5 Å². The van der Waals surface area contributed by atoms with Gasteiger partial charge in [-0.3, -0.25) is 15.1 Å². The Balaban J connectivity index is 1.37. The minimum Gasteiger partial charge on any atom is -0.382 e. The minimum absolute atomic E-state index is 0.202. The minimum atomic E-state index is -0.202. The second kappa shape index (κ2) is 8.24. The van der Waals surface area contributed by atoms with E-state index in [2.05, 4.69) is 30.3 Å². The molecule has 138 valence electrons. The van der Waals surface area contributed by atoms with Crippen LogP contribution in [0.3, 0.4) is 0 Å². The van der Waals surface area contributed by atoms with Crippen LogP contribution >= 0.6 is 11.5 Å². The zero-order valence-corrected chi connectivity index (χ0v) is 15.5. The lowest BCUT2D eigenvalue weighted by Gasteiger charge is -2.24. The predicted molar refractivity (Wildman–Crippen MR) is 107 cm³/mol. The van der Waals surface area contributed by atoms with Gasteiger partial charge in [0.2, 0.25) is 5.13 Å². The van der Waals surface area contributed by atoms with Gasteiger partial charge < -0.3 is 10.6 Å². The van der Waals surface area contributed by atoms with Crippen molar-refractivity contribution in [1.82, 2.24) is 19.7 Å². The molecule has 0 bridgehead atoms. The second-order valence-corrected chi connectivity index (χ2v) is 7.09. The number of pyridine rings is 1. The van der Waals surface area contributed by atoms with Crippen molar-refractivity contribution in [2.24, 2.45) is 0 Å². The molecule has 4 rings (SSSR count). The molecule has 1 aliphatic rings. The van der Waals surface area contributed by atoms with Gasteiger partial charge in [-0.1, -0.05) is 6.07 Å². The van der Waals surface area contributed by atoms with E-state index in [1.54, 1.807) is 6.20 Å². The summed E-state index contributed by atoms with van der Waals surface area (Å²) in [5, 5.41) is 10.1. The maximum Gasteiger partial charge on any atom is 0.257 e. The van der Waals surface area contributed by atoms with Gasteiger partial charge in [-0.15, -0.1) is 0 Å². The lowest BCUT2D eigenvalue weighted by molar-refractivity contribution is 0.102. The van der Waals surface area contributed by atoms with Gasteiger partial charge in [0.05, 0.1) is 0 Å². The third-order valence-corrected chi connectivity index (χ3v) is 5.03.